The van der Waals surface area contributed by atoms with Gasteiger partial charge >= 0.3 is 5.97 Å². The van der Waals surface area contributed by atoms with E-state index in [1.165, 1.54) is 36.5 Å². The summed E-state index contributed by atoms with van der Waals surface area (Å²) in [5.74, 6) is -2.94. The van der Waals surface area contributed by atoms with Gasteiger partial charge in [-0.3, -0.25) is 20.0 Å². The Morgan fingerprint density at radius 2 is 1.89 bits per heavy atom. The number of nitrogens with one attached hydrogen (secondary N) is 2. The average Bonchev–Trinajstić information content (AvgIpc) is 2.83. The van der Waals surface area contributed by atoms with Crippen LogP contribution >= 0.6 is 11.6 Å². The molecule has 0 saturated carbocycles. The Morgan fingerprint density at radius 1 is 1.11 bits per heavy atom. The SMILES string of the molecule is N=C(c1ccc(C(=O)Nc2ccc(OCC(=O)O)cc2C(=O)Cc2ccc(Cl)cn2)c(F)c1)N1CCC1. The molecule has 0 bridgehead atoms. The lowest BCUT2D eigenvalue weighted by Crippen LogP contribution is -2.42. The van der Waals surface area contributed by atoms with Gasteiger partial charge < -0.3 is 20.1 Å². The number of pyridine rings is 1. The number of anilines is 1. The molecule has 4 rings (SSSR count). The zero-order valence-electron chi connectivity index (χ0n) is 19.5. The van der Waals surface area contributed by atoms with Crippen LogP contribution in [0.25, 0.3) is 0 Å². The van der Waals surface area contributed by atoms with Gasteiger partial charge in [0.2, 0.25) is 0 Å². The number of aliphatic carboxylic acids is 1. The topological polar surface area (TPSA) is 133 Å². The molecule has 1 aliphatic rings. The summed E-state index contributed by atoms with van der Waals surface area (Å²) >= 11 is 5.85. The molecule has 1 aliphatic heterocycles. The molecular weight excluding hydrogens is 503 g/mol. The maximum atomic E-state index is 14.8. The molecular formula is C26H22ClFN4O5. The molecule has 0 radical (unpaired) electrons. The third-order valence-corrected chi connectivity index (χ3v) is 5.92. The molecule has 0 aliphatic carbocycles. The van der Waals surface area contributed by atoms with Crippen molar-refractivity contribution in [3.63, 3.8) is 0 Å². The lowest BCUT2D eigenvalue weighted by atomic mass is 10.0. The average molecular weight is 525 g/mol. The smallest absolute Gasteiger partial charge is 0.341 e. The highest BCUT2D eigenvalue weighted by atomic mass is 35.5. The predicted molar refractivity (Wildman–Crippen MR) is 134 cm³/mol. The van der Waals surface area contributed by atoms with Crippen LogP contribution in [-0.2, 0) is 11.2 Å². The lowest BCUT2D eigenvalue weighted by Gasteiger charge is -2.33. The minimum atomic E-state index is -1.20. The van der Waals surface area contributed by atoms with E-state index in [1.807, 2.05) is 0 Å². The van der Waals surface area contributed by atoms with Gasteiger partial charge in [-0.15, -0.1) is 0 Å². The molecule has 1 fully saturated rings. The number of carboxylic acid groups (broad SMARTS) is 1. The van der Waals surface area contributed by atoms with E-state index >= 15 is 0 Å². The van der Waals surface area contributed by atoms with Crippen LogP contribution in [0.2, 0.25) is 5.02 Å². The number of ether oxygens (including phenoxy) is 1. The lowest BCUT2D eigenvalue weighted by molar-refractivity contribution is -0.139. The number of amidine groups is 1. The zero-order chi connectivity index (χ0) is 26.5. The van der Waals surface area contributed by atoms with Crippen molar-refractivity contribution in [3.8, 4) is 5.75 Å². The third kappa shape index (κ3) is 6.28. The second kappa shape index (κ2) is 11.2. The number of ketones is 1. The quantitative estimate of drug-likeness (QED) is 0.218. The molecule has 11 heteroatoms. The molecule has 0 spiro atoms. The van der Waals surface area contributed by atoms with Gasteiger partial charge in [0.15, 0.2) is 12.4 Å². The van der Waals surface area contributed by atoms with Gasteiger partial charge in [0.1, 0.15) is 17.4 Å². The highest BCUT2D eigenvalue weighted by Gasteiger charge is 2.22. The van der Waals surface area contributed by atoms with Gasteiger partial charge in [0, 0.05) is 36.1 Å². The second-order valence-electron chi connectivity index (χ2n) is 8.30. The summed E-state index contributed by atoms with van der Waals surface area (Å²) in [4.78, 5) is 42.8. The molecule has 2 aromatic carbocycles. The number of likely N-dealkylation sites (tertiary alicyclic amines) is 1. The van der Waals surface area contributed by atoms with Crippen molar-refractivity contribution < 1.29 is 28.6 Å². The predicted octanol–water partition coefficient (Wildman–Crippen LogP) is 4.05. The molecule has 1 saturated heterocycles. The molecule has 1 amide bonds. The summed E-state index contributed by atoms with van der Waals surface area (Å²) in [6, 6.07) is 11.2. The van der Waals surface area contributed by atoms with Crippen LogP contribution in [-0.4, -0.2) is 58.2 Å². The number of carbonyl (C=O) groups excluding carboxylic acids is 2. The minimum Gasteiger partial charge on any atom is -0.482 e. The Balaban J connectivity index is 1.57. The van der Waals surface area contributed by atoms with Crippen molar-refractivity contribution in [1.82, 2.24) is 9.88 Å². The van der Waals surface area contributed by atoms with Crippen molar-refractivity contribution in [3.05, 3.63) is 88.0 Å². The van der Waals surface area contributed by atoms with Crippen LogP contribution in [0.1, 0.15) is 38.4 Å². The van der Waals surface area contributed by atoms with Crippen molar-refractivity contribution in [2.45, 2.75) is 12.8 Å². The number of Topliss-reactive ketones (excluding diaryl/α,β-unsaturated/α-hetero) is 1. The van der Waals surface area contributed by atoms with Crippen LogP contribution < -0.4 is 10.1 Å². The summed E-state index contributed by atoms with van der Waals surface area (Å²) in [7, 11) is 0. The first-order valence-corrected chi connectivity index (χ1v) is 11.7. The largest absolute Gasteiger partial charge is 0.482 e. The van der Waals surface area contributed by atoms with Gasteiger partial charge in [-0.1, -0.05) is 17.7 Å². The standard InChI is InChI=1S/C26H22ClFN4O5/c27-16-3-4-17(30-13-16)11-23(33)20-12-18(37-14-24(34)35)5-7-22(20)31-26(36)19-6-2-15(10-21(19)28)25(29)32-8-1-9-32/h2-7,10,12-13,29H,1,8-9,11,14H2,(H,31,36)(H,34,35). The van der Waals surface area contributed by atoms with Crippen LogP contribution in [0.3, 0.4) is 0 Å². The Bertz CT molecular complexity index is 1380. The van der Waals surface area contributed by atoms with E-state index in [-0.39, 0.29) is 34.8 Å². The van der Waals surface area contributed by atoms with Crippen molar-refractivity contribution in [2.75, 3.05) is 25.0 Å². The maximum absolute atomic E-state index is 14.8. The van der Waals surface area contributed by atoms with E-state index in [1.54, 1.807) is 17.0 Å². The van der Waals surface area contributed by atoms with Crippen LogP contribution in [0.5, 0.6) is 5.75 Å². The fourth-order valence-electron chi connectivity index (χ4n) is 3.63. The fourth-order valence-corrected chi connectivity index (χ4v) is 3.74. The van der Waals surface area contributed by atoms with Gasteiger partial charge in [-0.25, -0.2) is 9.18 Å². The Morgan fingerprint density at radius 3 is 2.51 bits per heavy atom. The fraction of sp³-hybridized carbons (Fsp3) is 0.192. The minimum absolute atomic E-state index is 0.0320. The number of carbonyl (C=O) groups is 3. The number of amides is 1. The van der Waals surface area contributed by atoms with E-state index < -0.39 is 30.1 Å². The summed E-state index contributed by atoms with van der Waals surface area (Å²) in [5, 5.41) is 20.0. The summed E-state index contributed by atoms with van der Waals surface area (Å²) in [5.41, 5.74) is 0.645. The van der Waals surface area contributed by atoms with E-state index in [9.17, 15) is 18.8 Å². The first kappa shape index (κ1) is 25.8. The summed E-state index contributed by atoms with van der Waals surface area (Å²) < 4.78 is 20.0. The van der Waals surface area contributed by atoms with Crippen molar-refractivity contribution in [2.24, 2.45) is 0 Å². The van der Waals surface area contributed by atoms with Gasteiger partial charge in [0.05, 0.1) is 22.7 Å². The Labute approximate surface area is 216 Å². The van der Waals surface area contributed by atoms with E-state index in [0.717, 1.165) is 25.6 Å². The Kier molecular flexibility index (Phi) is 7.78. The van der Waals surface area contributed by atoms with Gasteiger partial charge in [0.25, 0.3) is 5.91 Å². The maximum Gasteiger partial charge on any atom is 0.341 e. The summed E-state index contributed by atoms with van der Waals surface area (Å²) in [6.45, 7) is 0.844. The van der Waals surface area contributed by atoms with Crippen molar-refractivity contribution >= 4 is 40.8 Å². The highest BCUT2D eigenvalue weighted by molar-refractivity contribution is 6.30. The van der Waals surface area contributed by atoms with Crippen LogP contribution in [0, 0.1) is 11.2 Å². The molecule has 3 N–H and O–H groups in total. The monoisotopic (exact) mass is 524 g/mol. The molecule has 3 aromatic rings. The van der Waals surface area contributed by atoms with E-state index in [4.69, 9.17) is 26.9 Å². The third-order valence-electron chi connectivity index (χ3n) is 5.69. The van der Waals surface area contributed by atoms with E-state index in [2.05, 4.69) is 10.3 Å². The first-order valence-electron chi connectivity index (χ1n) is 11.3. The first-order chi connectivity index (χ1) is 17.7. The number of rotatable bonds is 9. The van der Waals surface area contributed by atoms with Gasteiger partial charge in [-0.05, 0) is 48.9 Å². The zero-order valence-corrected chi connectivity index (χ0v) is 20.2. The molecule has 1 aromatic heterocycles. The highest BCUT2D eigenvalue weighted by Crippen LogP contribution is 2.25. The number of aromatic nitrogens is 1. The molecule has 190 valence electrons. The Hall–Kier alpha value is -4.31. The number of hydrogen-bond acceptors (Lipinski definition) is 6. The van der Waals surface area contributed by atoms with Crippen molar-refractivity contribution in [1.29, 1.82) is 5.41 Å². The van der Waals surface area contributed by atoms with Crippen LogP contribution in [0.4, 0.5) is 10.1 Å². The second-order valence-corrected chi connectivity index (χ2v) is 8.73. The van der Waals surface area contributed by atoms with Gasteiger partial charge in [-0.2, -0.15) is 0 Å². The van der Waals surface area contributed by atoms with E-state index in [0.29, 0.717) is 16.3 Å². The molecule has 0 unspecified atom stereocenters. The normalized spacial score (nSPS) is 12.4. The number of halogens is 2. The molecule has 37 heavy (non-hydrogen) atoms. The molecule has 9 nitrogen and oxygen atoms in total. The number of carboxylic acids is 1. The number of hydrogen-bond donors (Lipinski definition) is 3. The number of benzene rings is 2. The summed E-state index contributed by atoms with van der Waals surface area (Å²) in [6.07, 6.45) is 2.23. The molecule has 0 atom stereocenters. The number of nitrogens with zero attached hydrogens (tertiary/aromatic N) is 2. The van der Waals surface area contributed by atoms with Crippen LogP contribution in [0.15, 0.2) is 54.7 Å². The molecule has 2 heterocycles.